The van der Waals surface area contributed by atoms with Gasteiger partial charge < -0.3 is 10.6 Å². The van der Waals surface area contributed by atoms with Crippen LogP contribution in [0.25, 0.3) is 5.52 Å². The van der Waals surface area contributed by atoms with Crippen molar-refractivity contribution >= 4 is 23.0 Å². The fourth-order valence-corrected chi connectivity index (χ4v) is 2.86. The molecule has 2 heterocycles. The van der Waals surface area contributed by atoms with Gasteiger partial charge in [0.1, 0.15) is 0 Å². The zero-order valence-electron chi connectivity index (χ0n) is 14.5. The van der Waals surface area contributed by atoms with Crippen molar-refractivity contribution in [1.82, 2.24) is 14.7 Å². The van der Waals surface area contributed by atoms with E-state index in [1.54, 1.807) is 16.7 Å². The van der Waals surface area contributed by atoms with E-state index >= 15 is 0 Å². The molecular formula is C20H20N4O2. The second-order valence-electron chi connectivity index (χ2n) is 6.49. The number of aromatic nitrogens is 2. The van der Waals surface area contributed by atoms with Crippen LogP contribution in [-0.4, -0.2) is 27.2 Å². The maximum absolute atomic E-state index is 12.7. The van der Waals surface area contributed by atoms with Crippen LogP contribution in [0.2, 0.25) is 0 Å². The molecule has 0 saturated heterocycles. The normalized spacial score (nSPS) is 13.6. The summed E-state index contributed by atoms with van der Waals surface area (Å²) in [6, 6.07) is 13.4. The Bertz CT molecular complexity index is 971. The molecule has 0 radical (unpaired) electrons. The number of aryl methyl sites for hydroxylation is 1. The van der Waals surface area contributed by atoms with Crippen LogP contribution in [0, 0.1) is 0 Å². The number of hydrogen-bond donors (Lipinski definition) is 2. The highest BCUT2D eigenvalue weighted by Crippen LogP contribution is 2.21. The molecular weight excluding hydrogens is 328 g/mol. The van der Waals surface area contributed by atoms with Crippen LogP contribution in [0.3, 0.4) is 0 Å². The Morgan fingerprint density at radius 2 is 1.88 bits per heavy atom. The molecule has 0 unspecified atom stereocenters. The predicted molar refractivity (Wildman–Crippen MR) is 99.5 cm³/mol. The van der Waals surface area contributed by atoms with Crippen molar-refractivity contribution in [1.29, 1.82) is 0 Å². The zero-order valence-corrected chi connectivity index (χ0v) is 14.5. The number of benzene rings is 1. The molecule has 2 aromatic heterocycles. The monoisotopic (exact) mass is 348 g/mol. The molecule has 4 rings (SSSR count). The van der Waals surface area contributed by atoms with Crippen LogP contribution in [0.5, 0.6) is 0 Å². The van der Waals surface area contributed by atoms with Crippen LogP contribution in [0.4, 0.5) is 5.69 Å². The molecule has 3 aromatic rings. The number of anilines is 1. The lowest BCUT2D eigenvalue weighted by Gasteiger charge is -2.05. The Morgan fingerprint density at radius 1 is 1.12 bits per heavy atom. The fraction of sp³-hybridized carbons (Fsp3) is 0.250. The van der Waals surface area contributed by atoms with Gasteiger partial charge in [0, 0.05) is 17.9 Å². The van der Waals surface area contributed by atoms with Gasteiger partial charge in [0.25, 0.3) is 11.8 Å². The molecule has 6 nitrogen and oxygen atoms in total. The van der Waals surface area contributed by atoms with E-state index in [0.717, 1.165) is 19.3 Å². The second kappa shape index (κ2) is 6.63. The van der Waals surface area contributed by atoms with Crippen molar-refractivity contribution in [3.8, 4) is 0 Å². The molecule has 1 aliphatic carbocycles. The third kappa shape index (κ3) is 3.18. The van der Waals surface area contributed by atoms with E-state index in [1.807, 2.05) is 36.4 Å². The van der Waals surface area contributed by atoms with E-state index < -0.39 is 0 Å². The van der Waals surface area contributed by atoms with Crippen LogP contribution < -0.4 is 10.6 Å². The number of imidazole rings is 1. The van der Waals surface area contributed by atoms with Gasteiger partial charge in [0.2, 0.25) is 5.82 Å². The number of fused-ring (bicyclic) bond motifs is 1. The van der Waals surface area contributed by atoms with Crippen molar-refractivity contribution in [2.45, 2.75) is 32.2 Å². The van der Waals surface area contributed by atoms with Gasteiger partial charge in [-0.2, -0.15) is 0 Å². The first-order chi connectivity index (χ1) is 12.7. The van der Waals surface area contributed by atoms with Crippen LogP contribution in [-0.2, 0) is 6.42 Å². The Kier molecular flexibility index (Phi) is 4.16. The third-order valence-corrected chi connectivity index (χ3v) is 4.50. The average Bonchev–Trinajstić information content (AvgIpc) is 3.39. The van der Waals surface area contributed by atoms with Gasteiger partial charge in [0.05, 0.1) is 5.52 Å². The van der Waals surface area contributed by atoms with E-state index in [-0.39, 0.29) is 29.4 Å². The van der Waals surface area contributed by atoms with Crippen LogP contribution >= 0.6 is 0 Å². The number of carbonyl (C=O) groups excluding carboxylic acids is 2. The molecule has 132 valence electrons. The molecule has 26 heavy (non-hydrogen) atoms. The topological polar surface area (TPSA) is 75.5 Å². The summed E-state index contributed by atoms with van der Waals surface area (Å²) >= 11 is 0. The summed E-state index contributed by atoms with van der Waals surface area (Å²) in [5.41, 5.74) is 2.80. The van der Waals surface area contributed by atoms with Gasteiger partial charge in [-0.05, 0) is 49.1 Å². The molecule has 1 saturated carbocycles. The Hall–Kier alpha value is -3.15. The van der Waals surface area contributed by atoms with Crippen molar-refractivity contribution in [3.05, 3.63) is 65.7 Å². The van der Waals surface area contributed by atoms with Crippen molar-refractivity contribution in [3.63, 3.8) is 0 Å². The summed E-state index contributed by atoms with van der Waals surface area (Å²) in [7, 11) is 0. The van der Waals surface area contributed by atoms with Crippen LogP contribution in [0.1, 0.15) is 46.4 Å². The van der Waals surface area contributed by atoms with E-state index in [2.05, 4.69) is 22.5 Å². The highest BCUT2D eigenvalue weighted by atomic mass is 16.2. The smallest absolute Gasteiger partial charge is 0.292 e. The van der Waals surface area contributed by atoms with Crippen molar-refractivity contribution < 1.29 is 9.59 Å². The van der Waals surface area contributed by atoms with Gasteiger partial charge >= 0.3 is 0 Å². The highest BCUT2D eigenvalue weighted by Gasteiger charge is 2.27. The standard InChI is InChI=1S/C20H20N4O2/c1-2-13-6-8-14(9-7-13)22-20(26)18-23-17(19(25)21-15-10-11-15)16-5-3-4-12-24(16)18/h3-9,12,15H,2,10-11H2,1H3,(H,21,25)(H,22,26). The molecule has 1 aliphatic rings. The average molecular weight is 348 g/mol. The van der Waals surface area contributed by atoms with E-state index in [1.165, 1.54) is 5.56 Å². The zero-order chi connectivity index (χ0) is 18.1. The van der Waals surface area contributed by atoms with Crippen molar-refractivity contribution in [2.75, 3.05) is 5.32 Å². The van der Waals surface area contributed by atoms with E-state index in [4.69, 9.17) is 0 Å². The SMILES string of the molecule is CCc1ccc(NC(=O)c2nc(C(=O)NC3CC3)c3ccccn23)cc1. The molecule has 6 heteroatoms. The summed E-state index contributed by atoms with van der Waals surface area (Å²) in [5, 5.41) is 5.78. The summed E-state index contributed by atoms with van der Waals surface area (Å²) in [6.07, 6.45) is 4.68. The second-order valence-corrected chi connectivity index (χ2v) is 6.49. The number of hydrogen-bond acceptors (Lipinski definition) is 3. The highest BCUT2D eigenvalue weighted by molar-refractivity contribution is 6.06. The molecule has 1 aromatic carbocycles. The van der Waals surface area contributed by atoms with Gasteiger partial charge in [-0.25, -0.2) is 4.98 Å². The molecule has 0 spiro atoms. The van der Waals surface area contributed by atoms with Crippen LogP contribution in [0.15, 0.2) is 48.7 Å². The minimum atomic E-state index is -0.346. The lowest BCUT2D eigenvalue weighted by atomic mass is 10.1. The van der Waals surface area contributed by atoms with Crippen molar-refractivity contribution in [2.24, 2.45) is 0 Å². The Morgan fingerprint density at radius 3 is 2.58 bits per heavy atom. The minimum Gasteiger partial charge on any atom is -0.348 e. The quantitative estimate of drug-likeness (QED) is 0.744. The predicted octanol–water partition coefficient (Wildman–Crippen LogP) is 3.04. The number of rotatable bonds is 5. The number of nitrogens with one attached hydrogen (secondary N) is 2. The van der Waals surface area contributed by atoms with Gasteiger partial charge in [-0.1, -0.05) is 25.1 Å². The first-order valence-corrected chi connectivity index (χ1v) is 8.84. The van der Waals surface area contributed by atoms with E-state index in [9.17, 15) is 9.59 Å². The first kappa shape index (κ1) is 16.3. The first-order valence-electron chi connectivity index (χ1n) is 8.84. The lowest BCUT2D eigenvalue weighted by molar-refractivity contribution is 0.0948. The molecule has 2 N–H and O–H groups in total. The molecule has 0 bridgehead atoms. The fourth-order valence-electron chi connectivity index (χ4n) is 2.86. The summed E-state index contributed by atoms with van der Waals surface area (Å²) in [5.74, 6) is -0.385. The number of pyridine rings is 1. The van der Waals surface area contributed by atoms with Gasteiger partial charge in [0.15, 0.2) is 5.69 Å². The summed E-state index contributed by atoms with van der Waals surface area (Å²) in [4.78, 5) is 29.5. The molecule has 2 amide bonds. The van der Waals surface area contributed by atoms with Gasteiger partial charge in [-0.3, -0.25) is 14.0 Å². The maximum Gasteiger partial charge on any atom is 0.292 e. The molecule has 0 atom stereocenters. The van der Waals surface area contributed by atoms with E-state index in [0.29, 0.717) is 11.2 Å². The summed E-state index contributed by atoms with van der Waals surface area (Å²) < 4.78 is 1.65. The number of amides is 2. The third-order valence-electron chi connectivity index (χ3n) is 4.50. The van der Waals surface area contributed by atoms with Gasteiger partial charge in [-0.15, -0.1) is 0 Å². The number of nitrogens with zero attached hydrogens (tertiary/aromatic N) is 2. The Balaban J connectivity index is 1.64. The number of carbonyl (C=O) groups is 2. The molecule has 0 aliphatic heterocycles. The minimum absolute atomic E-state index is 0.195. The largest absolute Gasteiger partial charge is 0.348 e. The lowest BCUT2D eigenvalue weighted by Crippen LogP contribution is -2.26. The Labute approximate surface area is 151 Å². The molecule has 1 fully saturated rings. The summed E-state index contributed by atoms with van der Waals surface area (Å²) in [6.45, 7) is 2.08. The maximum atomic E-state index is 12.7.